The van der Waals surface area contributed by atoms with E-state index in [-0.39, 0.29) is 10.8 Å². The first-order valence-electron chi connectivity index (χ1n) is 3.88. The van der Waals surface area contributed by atoms with E-state index in [1.165, 1.54) is 0 Å². The second kappa shape index (κ2) is 3.52. The van der Waals surface area contributed by atoms with E-state index in [0.717, 1.165) is 6.07 Å². The second-order valence-electron chi connectivity index (χ2n) is 3.02. The van der Waals surface area contributed by atoms with Crippen molar-refractivity contribution >= 4 is 11.6 Å². The third kappa shape index (κ3) is 1.76. The number of phenolic OH excluding ortho intramolecular Hbond substituents is 1. The first kappa shape index (κ1) is 10.3. The van der Waals surface area contributed by atoms with Gasteiger partial charge in [0, 0.05) is 11.6 Å². The minimum atomic E-state index is -0.449. The Balaban J connectivity index is 3.46. The lowest BCUT2D eigenvalue weighted by atomic mass is 10.0. The summed E-state index contributed by atoms with van der Waals surface area (Å²) in [5, 5.41) is 9.49. The molecule has 0 aromatic heterocycles. The van der Waals surface area contributed by atoms with Crippen molar-refractivity contribution in [3.63, 3.8) is 0 Å². The van der Waals surface area contributed by atoms with Gasteiger partial charge in [-0.25, -0.2) is 4.39 Å². The summed E-state index contributed by atoms with van der Waals surface area (Å²) in [6.45, 7) is 3.22. The van der Waals surface area contributed by atoms with Crippen LogP contribution in [0.15, 0.2) is 6.07 Å². The maximum Gasteiger partial charge on any atom is 0.139 e. The largest absolute Gasteiger partial charge is 0.506 e. The molecule has 0 aliphatic heterocycles. The summed E-state index contributed by atoms with van der Waals surface area (Å²) in [6.07, 6.45) is 0. The fourth-order valence-corrected chi connectivity index (χ4v) is 1.48. The van der Waals surface area contributed by atoms with Gasteiger partial charge in [0.1, 0.15) is 11.6 Å². The van der Waals surface area contributed by atoms with E-state index in [2.05, 4.69) is 0 Å². The monoisotopic (exact) mass is 203 g/mol. The highest BCUT2D eigenvalue weighted by molar-refractivity contribution is 6.32. The number of halogens is 2. The number of aromatic hydroxyl groups is 1. The highest BCUT2D eigenvalue weighted by Gasteiger charge is 2.16. The van der Waals surface area contributed by atoms with Crippen LogP contribution in [0, 0.1) is 12.7 Å². The highest BCUT2D eigenvalue weighted by atomic mass is 35.5. The predicted molar refractivity (Wildman–Crippen MR) is 50.4 cm³/mol. The average molecular weight is 204 g/mol. The molecule has 2 nitrogen and oxygen atoms in total. The molecule has 0 aliphatic carbocycles. The number of phenols is 1. The number of hydrogen-bond acceptors (Lipinski definition) is 2. The molecule has 0 saturated heterocycles. The standard InChI is InChI=1S/C9H11ClFNO/c1-4-7(11)3-6(10)9(13)8(4)5(2)12/h3,5,13H,12H2,1-2H3. The van der Waals surface area contributed by atoms with Crippen LogP contribution in [0.4, 0.5) is 4.39 Å². The molecule has 0 bridgehead atoms. The Kier molecular flexibility index (Phi) is 2.78. The number of rotatable bonds is 1. The van der Waals surface area contributed by atoms with Crippen molar-refractivity contribution in [1.82, 2.24) is 0 Å². The van der Waals surface area contributed by atoms with Gasteiger partial charge in [-0.2, -0.15) is 0 Å². The lowest BCUT2D eigenvalue weighted by Crippen LogP contribution is -2.08. The van der Waals surface area contributed by atoms with Crippen molar-refractivity contribution in [2.75, 3.05) is 0 Å². The molecule has 0 radical (unpaired) electrons. The molecular weight excluding hydrogens is 193 g/mol. The summed E-state index contributed by atoms with van der Waals surface area (Å²) in [4.78, 5) is 0. The van der Waals surface area contributed by atoms with Crippen LogP contribution >= 0.6 is 11.6 Å². The van der Waals surface area contributed by atoms with Crippen molar-refractivity contribution in [1.29, 1.82) is 0 Å². The first-order valence-corrected chi connectivity index (χ1v) is 4.26. The Morgan fingerprint density at radius 1 is 1.62 bits per heavy atom. The van der Waals surface area contributed by atoms with Gasteiger partial charge in [0.25, 0.3) is 0 Å². The molecule has 1 rings (SSSR count). The summed E-state index contributed by atoms with van der Waals surface area (Å²) in [5.41, 5.74) is 6.28. The van der Waals surface area contributed by atoms with Gasteiger partial charge >= 0.3 is 0 Å². The van der Waals surface area contributed by atoms with E-state index >= 15 is 0 Å². The molecule has 4 heteroatoms. The summed E-state index contributed by atoms with van der Waals surface area (Å²) in [7, 11) is 0. The smallest absolute Gasteiger partial charge is 0.139 e. The van der Waals surface area contributed by atoms with Crippen LogP contribution in [0.5, 0.6) is 5.75 Å². The maximum atomic E-state index is 13.1. The highest BCUT2D eigenvalue weighted by Crippen LogP contribution is 2.34. The van der Waals surface area contributed by atoms with Gasteiger partial charge in [0.15, 0.2) is 0 Å². The molecule has 0 saturated carbocycles. The van der Waals surface area contributed by atoms with Crippen LogP contribution in [-0.2, 0) is 0 Å². The van der Waals surface area contributed by atoms with Gasteiger partial charge in [0.05, 0.1) is 5.02 Å². The first-order chi connectivity index (χ1) is 5.95. The molecule has 0 aliphatic rings. The van der Waals surface area contributed by atoms with Crippen LogP contribution in [0.3, 0.4) is 0 Å². The summed E-state index contributed by atoms with van der Waals surface area (Å²) >= 11 is 5.59. The number of nitrogens with two attached hydrogens (primary N) is 1. The zero-order valence-electron chi connectivity index (χ0n) is 7.44. The van der Waals surface area contributed by atoms with E-state index in [9.17, 15) is 9.50 Å². The van der Waals surface area contributed by atoms with Crippen molar-refractivity contribution in [2.24, 2.45) is 5.73 Å². The topological polar surface area (TPSA) is 46.2 Å². The Morgan fingerprint density at radius 3 is 2.62 bits per heavy atom. The molecule has 0 fully saturated rings. The van der Waals surface area contributed by atoms with Crippen molar-refractivity contribution in [3.8, 4) is 5.75 Å². The van der Waals surface area contributed by atoms with Crippen molar-refractivity contribution < 1.29 is 9.50 Å². The normalized spacial score (nSPS) is 13.0. The third-order valence-electron chi connectivity index (χ3n) is 1.95. The zero-order valence-corrected chi connectivity index (χ0v) is 8.19. The Labute approximate surface area is 81.1 Å². The van der Waals surface area contributed by atoms with Gasteiger partial charge < -0.3 is 10.8 Å². The lowest BCUT2D eigenvalue weighted by molar-refractivity contribution is 0.459. The van der Waals surface area contributed by atoms with E-state index in [1.807, 2.05) is 0 Å². The predicted octanol–water partition coefficient (Wildman–Crippen LogP) is 2.51. The van der Waals surface area contributed by atoms with Crippen LogP contribution in [-0.4, -0.2) is 5.11 Å². The molecule has 0 amide bonds. The van der Waals surface area contributed by atoms with Gasteiger partial charge in [0.2, 0.25) is 0 Å². The summed E-state index contributed by atoms with van der Waals surface area (Å²) < 4.78 is 13.1. The van der Waals surface area contributed by atoms with Gasteiger partial charge in [-0.3, -0.25) is 0 Å². The Bertz CT molecular complexity index is 313. The van der Waals surface area contributed by atoms with Crippen molar-refractivity contribution in [3.05, 3.63) is 28.0 Å². The van der Waals surface area contributed by atoms with Crippen LogP contribution < -0.4 is 5.73 Å². The molecule has 1 atom stereocenters. The van der Waals surface area contributed by atoms with E-state index < -0.39 is 11.9 Å². The van der Waals surface area contributed by atoms with E-state index in [1.54, 1.807) is 13.8 Å². The van der Waals surface area contributed by atoms with Gasteiger partial charge in [-0.1, -0.05) is 11.6 Å². The zero-order chi connectivity index (χ0) is 10.2. The van der Waals surface area contributed by atoms with E-state index in [4.69, 9.17) is 17.3 Å². The molecule has 0 heterocycles. The lowest BCUT2D eigenvalue weighted by Gasteiger charge is -2.13. The summed E-state index contributed by atoms with van der Waals surface area (Å²) in [6, 6.07) is 0.645. The third-order valence-corrected chi connectivity index (χ3v) is 2.24. The number of benzene rings is 1. The van der Waals surface area contributed by atoms with Crippen LogP contribution in [0.2, 0.25) is 5.02 Å². The Morgan fingerprint density at radius 2 is 2.15 bits per heavy atom. The maximum absolute atomic E-state index is 13.1. The average Bonchev–Trinajstić information content (AvgIpc) is 2.01. The molecule has 1 aromatic rings. The number of hydrogen-bond donors (Lipinski definition) is 2. The van der Waals surface area contributed by atoms with Crippen LogP contribution in [0.25, 0.3) is 0 Å². The Hall–Kier alpha value is -0.800. The second-order valence-corrected chi connectivity index (χ2v) is 3.42. The molecule has 1 aromatic carbocycles. The SMILES string of the molecule is Cc1c(F)cc(Cl)c(O)c1C(C)N. The molecule has 3 N–H and O–H groups in total. The summed E-state index contributed by atoms with van der Waals surface area (Å²) in [5.74, 6) is -0.578. The van der Waals surface area contributed by atoms with Gasteiger partial charge in [-0.05, 0) is 25.5 Å². The molecule has 0 spiro atoms. The minimum absolute atomic E-state index is 0.00426. The molecular formula is C9H11ClFNO. The fraction of sp³-hybridized carbons (Fsp3) is 0.333. The molecule has 72 valence electrons. The molecule has 13 heavy (non-hydrogen) atoms. The van der Waals surface area contributed by atoms with Crippen LogP contribution in [0.1, 0.15) is 24.1 Å². The van der Waals surface area contributed by atoms with Gasteiger partial charge in [-0.15, -0.1) is 0 Å². The fourth-order valence-electron chi connectivity index (χ4n) is 1.28. The molecule has 1 unspecified atom stereocenters. The van der Waals surface area contributed by atoms with Crippen molar-refractivity contribution in [2.45, 2.75) is 19.9 Å². The van der Waals surface area contributed by atoms with E-state index in [0.29, 0.717) is 11.1 Å². The minimum Gasteiger partial charge on any atom is -0.506 e. The quantitative estimate of drug-likeness (QED) is 0.737.